The van der Waals surface area contributed by atoms with Crippen molar-refractivity contribution in [2.24, 2.45) is 0 Å². The summed E-state index contributed by atoms with van der Waals surface area (Å²) in [5.74, 6) is 1.78. The lowest BCUT2D eigenvalue weighted by molar-refractivity contribution is -0.121. The second-order valence-electron chi connectivity index (χ2n) is 5.00. The summed E-state index contributed by atoms with van der Waals surface area (Å²) in [6.45, 7) is 5.64. The zero-order valence-electron chi connectivity index (χ0n) is 11.7. The van der Waals surface area contributed by atoms with Gasteiger partial charge in [-0.2, -0.15) is 0 Å². The molecule has 0 bridgehead atoms. The van der Waals surface area contributed by atoms with Crippen LogP contribution in [-0.2, 0) is 11.2 Å². The zero-order chi connectivity index (χ0) is 14.0. The van der Waals surface area contributed by atoms with Crippen LogP contribution in [0.25, 0.3) is 0 Å². The van der Waals surface area contributed by atoms with E-state index in [2.05, 4.69) is 20.6 Å². The third-order valence-corrected chi connectivity index (χ3v) is 3.22. The summed E-state index contributed by atoms with van der Waals surface area (Å²) in [4.78, 5) is 20.5. The van der Waals surface area contributed by atoms with Gasteiger partial charge in [0.05, 0.1) is 0 Å². The quantitative estimate of drug-likeness (QED) is 0.737. The van der Waals surface area contributed by atoms with Crippen molar-refractivity contribution < 1.29 is 4.79 Å². The fraction of sp³-hybridized carbons (Fsp3) is 0.615. The van der Waals surface area contributed by atoms with E-state index in [0.717, 1.165) is 18.4 Å². The summed E-state index contributed by atoms with van der Waals surface area (Å²) >= 11 is 0. The highest BCUT2D eigenvalue weighted by Crippen LogP contribution is 2.20. The maximum absolute atomic E-state index is 11.9. The van der Waals surface area contributed by atoms with Crippen LogP contribution < -0.4 is 16.4 Å². The maximum atomic E-state index is 11.9. The van der Waals surface area contributed by atoms with E-state index < -0.39 is 0 Å². The first-order valence-corrected chi connectivity index (χ1v) is 6.71. The van der Waals surface area contributed by atoms with Crippen LogP contribution in [0.15, 0.2) is 0 Å². The number of rotatable bonds is 5. The number of carbonyl (C=O) groups is 1. The lowest BCUT2D eigenvalue weighted by Crippen LogP contribution is -2.39. The Hall–Kier alpha value is -1.85. The number of aryl methyl sites for hydroxylation is 1. The van der Waals surface area contributed by atoms with E-state index in [9.17, 15) is 4.79 Å². The van der Waals surface area contributed by atoms with Gasteiger partial charge in [-0.05, 0) is 26.7 Å². The van der Waals surface area contributed by atoms with Gasteiger partial charge in [-0.3, -0.25) is 4.79 Å². The molecule has 0 aromatic carbocycles. The maximum Gasteiger partial charge on any atom is 0.242 e. The van der Waals surface area contributed by atoms with Gasteiger partial charge in [-0.15, -0.1) is 0 Å². The lowest BCUT2D eigenvalue weighted by atomic mass is 10.2. The number of hydrogen-bond acceptors (Lipinski definition) is 5. The summed E-state index contributed by atoms with van der Waals surface area (Å²) in [7, 11) is 0. The number of nitrogen functional groups attached to an aromatic ring is 1. The molecule has 0 spiro atoms. The van der Waals surface area contributed by atoms with Gasteiger partial charge in [0.25, 0.3) is 0 Å². The van der Waals surface area contributed by atoms with Crippen LogP contribution >= 0.6 is 0 Å². The fourth-order valence-corrected chi connectivity index (χ4v) is 1.71. The number of amides is 1. The van der Waals surface area contributed by atoms with Crippen LogP contribution in [0.5, 0.6) is 0 Å². The van der Waals surface area contributed by atoms with Crippen molar-refractivity contribution in [1.82, 2.24) is 15.3 Å². The van der Waals surface area contributed by atoms with Crippen molar-refractivity contribution >= 4 is 17.5 Å². The summed E-state index contributed by atoms with van der Waals surface area (Å²) in [6, 6.07) is 0.0258. The van der Waals surface area contributed by atoms with Crippen molar-refractivity contribution in [1.29, 1.82) is 0 Å². The van der Waals surface area contributed by atoms with Crippen LogP contribution in [0, 0.1) is 6.92 Å². The minimum Gasteiger partial charge on any atom is -0.383 e. The molecule has 1 fully saturated rings. The highest BCUT2D eigenvalue weighted by Gasteiger charge is 2.26. The van der Waals surface area contributed by atoms with E-state index in [1.165, 1.54) is 0 Å². The number of nitrogens with zero attached hydrogens (tertiary/aromatic N) is 2. The second kappa shape index (κ2) is 5.42. The van der Waals surface area contributed by atoms with Gasteiger partial charge in [-0.25, -0.2) is 9.97 Å². The van der Waals surface area contributed by atoms with Gasteiger partial charge in [0.15, 0.2) is 0 Å². The molecular formula is C13H21N5O. The van der Waals surface area contributed by atoms with Crippen LogP contribution in [0.2, 0.25) is 0 Å². The Kier molecular flexibility index (Phi) is 3.87. The molecule has 1 unspecified atom stereocenters. The second-order valence-corrected chi connectivity index (χ2v) is 5.00. The molecule has 2 rings (SSSR count). The molecular weight excluding hydrogens is 242 g/mol. The molecule has 0 saturated heterocycles. The summed E-state index contributed by atoms with van der Waals surface area (Å²) < 4.78 is 0. The molecule has 1 heterocycles. The lowest BCUT2D eigenvalue weighted by Gasteiger charge is -2.17. The number of hydrogen-bond donors (Lipinski definition) is 3. The third-order valence-electron chi connectivity index (χ3n) is 3.22. The first-order valence-electron chi connectivity index (χ1n) is 6.71. The molecule has 19 heavy (non-hydrogen) atoms. The number of anilines is 2. The molecule has 1 aromatic heterocycles. The average molecular weight is 263 g/mol. The number of nitrogens with two attached hydrogens (primary N) is 1. The van der Waals surface area contributed by atoms with Crippen LogP contribution in [0.4, 0.5) is 11.6 Å². The molecule has 6 nitrogen and oxygen atoms in total. The SMILES string of the molecule is CCc1nc(N)c(C)c(NC(C)C(=O)NC2CC2)n1. The largest absolute Gasteiger partial charge is 0.383 e. The summed E-state index contributed by atoms with van der Waals surface area (Å²) in [5, 5.41) is 6.08. The van der Waals surface area contributed by atoms with E-state index in [1.807, 2.05) is 20.8 Å². The van der Waals surface area contributed by atoms with Gasteiger partial charge in [0.1, 0.15) is 23.5 Å². The molecule has 0 radical (unpaired) electrons. The Labute approximate surface area is 113 Å². The Morgan fingerprint density at radius 3 is 2.74 bits per heavy atom. The molecule has 1 aliphatic carbocycles. The van der Waals surface area contributed by atoms with Crippen molar-refractivity contribution in [2.45, 2.75) is 52.1 Å². The Balaban J connectivity index is 2.08. The Morgan fingerprint density at radius 1 is 1.47 bits per heavy atom. The normalized spacial score (nSPS) is 15.9. The fourth-order valence-electron chi connectivity index (χ4n) is 1.71. The van der Waals surface area contributed by atoms with E-state index >= 15 is 0 Å². The number of carbonyl (C=O) groups excluding carboxylic acids is 1. The van der Waals surface area contributed by atoms with E-state index in [1.54, 1.807) is 0 Å². The highest BCUT2D eigenvalue weighted by atomic mass is 16.2. The van der Waals surface area contributed by atoms with Crippen molar-refractivity contribution in [2.75, 3.05) is 11.1 Å². The van der Waals surface area contributed by atoms with E-state index in [0.29, 0.717) is 29.9 Å². The first-order chi connectivity index (χ1) is 9.01. The molecule has 6 heteroatoms. The number of nitrogens with one attached hydrogen (secondary N) is 2. The number of aromatic nitrogens is 2. The molecule has 1 aromatic rings. The zero-order valence-corrected chi connectivity index (χ0v) is 11.7. The topological polar surface area (TPSA) is 92.9 Å². The Morgan fingerprint density at radius 2 is 2.16 bits per heavy atom. The third kappa shape index (κ3) is 3.33. The monoisotopic (exact) mass is 263 g/mol. The van der Waals surface area contributed by atoms with Crippen molar-refractivity contribution in [3.05, 3.63) is 11.4 Å². The highest BCUT2D eigenvalue weighted by molar-refractivity contribution is 5.84. The Bertz CT molecular complexity index is 484. The van der Waals surface area contributed by atoms with E-state index in [4.69, 9.17) is 5.73 Å². The molecule has 104 valence electrons. The van der Waals surface area contributed by atoms with Gasteiger partial charge >= 0.3 is 0 Å². The molecule has 1 amide bonds. The summed E-state index contributed by atoms with van der Waals surface area (Å²) in [6.07, 6.45) is 2.87. The predicted octanol–water partition coefficient (Wildman–Crippen LogP) is 1.01. The van der Waals surface area contributed by atoms with E-state index in [-0.39, 0.29) is 11.9 Å². The summed E-state index contributed by atoms with van der Waals surface area (Å²) in [5.41, 5.74) is 6.63. The standard InChI is InChI=1S/C13H21N5O/c1-4-10-17-11(14)7(2)12(18-10)15-8(3)13(19)16-9-5-6-9/h8-9H,4-6H2,1-3H3,(H,16,19)(H3,14,15,17,18). The van der Waals surface area contributed by atoms with Crippen LogP contribution in [0.1, 0.15) is 38.1 Å². The molecule has 1 aliphatic rings. The minimum atomic E-state index is -0.335. The van der Waals surface area contributed by atoms with Crippen LogP contribution in [0.3, 0.4) is 0 Å². The smallest absolute Gasteiger partial charge is 0.242 e. The van der Waals surface area contributed by atoms with Crippen molar-refractivity contribution in [3.63, 3.8) is 0 Å². The van der Waals surface area contributed by atoms with Gasteiger partial charge in [0.2, 0.25) is 5.91 Å². The van der Waals surface area contributed by atoms with Gasteiger partial charge in [0, 0.05) is 18.0 Å². The molecule has 4 N–H and O–H groups in total. The minimum absolute atomic E-state index is 0.00266. The average Bonchev–Trinajstić information content (AvgIpc) is 3.18. The molecule has 1 saturated carbocycles. The van der Waals surface area contributed by atoms with Gasteiger partial charge in [-0.1, -0.05) is 6.92 Å². The van der Waals surface area contributed by atoms with Gasteiger partial charge < -0.3 is 16.4 Å². The van der Waals surface area contributed by atoms with Crippen molar-refractivity contribution in [3.8, 4) is 0 Å². The molecule has 1 atom stereocenters. The van der Waals surface area contributed by atoms with Crippen LogP contribution in [-0.4, -0.2) is 28.0 Å². The molecule has 0 aliphatic heterocycles. The first kappa shape index (κ1) is 13.6. The predicted molar refractivity (Wildman–Crippen MR) is 74.8 cm³/mol.